The third kappa shape index (κ3) is 2.55. The number of aromatic carboxylic acids is 2. The predicted octanol–water partition coefficient (Wildman–Crippen LogP) is 2.33. The number of hydrogen-bond donors (Lipinski definition) is 3. The Bertz CT molecular complexity index is 664. The maximum atomic E-state index is 11.2. The summed E-state index contributed by atoms with van der Waals surface area (Å²) >= 11 is 0. The number of anilines is 1. The molecule has 0 heterocycles. The van der Waals surface area contributed by atoms with Crippen molar-refractivity contribution in [2.24, 2.45) is 0 Å². The zero-order valence-electron chi connectivity index (χ0n) is 9.83. The molecule has 5 nitrogen and oxygen atoms in total. The van der Waals surface area contributed by atoms with Gasteiger partial charge in [0.25, 0.3) is 0 Å². The highest BCUT2D eigenvalue weighted by atomic mass is 16.4. The van der Waals surface area contributed by atoms with Crippen molar-refractivity contribution in [3.63, 3.8) is 0 Å². The molecule has 2 rings (SSSR count). The number of carbonyl (C=O) groups is 2. The van der Waals surface area contributed by atoms with Gasteiger partial charge in [-0.2, -0.15) is 0 Å². The molecule has 0 aromatic heterocycles. The second-order valence-electron chi connectivity index (χ2n) is 4.00. The van der Waals surface area contributed by atoms with Crippen LogP contribution in [0.15, 0.2) is 42.5 Å². The lowest BCUT2D eigenvalue weighted by Crippen LogP contribution is -2.03. The Kier molecular flexibility index (Phi) is 3.20. The molecule has 0 bridgehead atoms. The fourth-order valence-corrected chi connectivity index (χ4v) is 1.81. The molecule has 0 fully saturated rings. The quantitative estimate of drug-likeness (QED) is 0.732. The third-order valence-corrected chi connectivity index (χ3v) is 2.69. The Balaban J connectivity index is 2.67. The highest BCUT2D eigenvalue weighted by molar-refractivity contribution is 5.99. The van der Waals surface area contributed by atoms with Gasteiger partial charge in [0.1, 0.15) is 0 Å². The molecule has 0 saturated heterocycles. The van der Waals surface area contributed by atoms with Gasteiger partial charge in [-0.15, -0.1) is 0 Å². The smallest absolute Gasteiger partial charge is 0.336 e. The Morgan fingerprint density at radius 2 is 1.68 bits per heavy atom. The van der Waals surface area contributed by atoms with Crippen LogP contribution in [-0.4, -0.2) is 22.2 Å². The fraction of sp³-hybridized carbons (Fsp3) is 0. The molecule has 5 heteroatoms. The van der Waals surface area contributed by atoms with Crippen LogP contribution >= 0.6 is 0 Å². The molecule has 4 N–H and O–H groups in total. The average molecular weight is 257 g/mol. The summed E-state index contributed by atoms with van der Waals surface area (Å²) in [7, 11) is 0. The van der Waals surface area contributed by atoms with Crippen LogP contribution in [0.3, 0.4) is 0 Å². The number of carboxylic acid groups (broad SMARTS) is 2. The van der Waals surface area contributed by atoms with E-state index < -0.39 is 11.9 Å². The number of nitrogens with two attached hydrogens (primary N) is 1. The van der Waals surface area contributed by atoms with Crippen LogP contribution in [0.2, 0.25) is 0 Å². The van der Waals surface area contributed by atoms with E-state index in [9.17, 15) is 9.59 Å². The van der Waals surface area contributed by atoms with E-state index >= 15 is 0 Å². The molecule has 19 heavy (non-hydrogen) atoms. The Morgan fingerprint density at radius 1 is 0.947 bits per heavy atom. The van der Waals surface area contributed by atoms with E-state index in [1.807, 2.05) is 0 Å². The number of rotatable bonds is 3. The monoisotopic (exact) mass is 257 g/mol. The Hall–Kier alpha value is -2.82. The van der Waals surface area contributed by atoms with Gasteiger partial charge in [-0.1, -0.05) is 12.1 Å². The van der Waals surface area contributed by atoms with E-state index in [1.165, 1.54) is 18.2 Å². The van der Waals surface area contributed by atoms with Gasteiger partial charge in [0.15, 0.2) is 0 Å². The molecule has 0 amide bonds. The van der Waals surface area contributed by atoms with Crippen LogP contribution in [0, 0.1) is 0 Å². The number of benzene rings is 2. The molecule has 0 radical (unpaired) electrons. The Morgan fingerprint density at radius 3 is 2.26 bits per heavy atom. The van der Waals surface area contributed by atoms with Crippen molar-refractivity contribution in [1.82, 2.24) is 0 Å². The molecule has 2 aromatic carbocycles. The van der Waals surface area contributed by atoms with Crippen molar-refractivity contribution < 1.29 is 19.8 Å². The van der Waals surface area contributed by atoms with Gasteiger partial charge in [0.2, 0.25) is 0 Å². The van der Waals surface area contributed by atoms with Crippen molar-refractivity contribution in [1.29, 1.82) is 0 Å². The first-order valence-corrected chi connectivity index (χ1v) is 5.45. The number of carboxylic acids is 2. The van der Waals surface area contributed by atoms with Crippen molar-refractivity contribution in [2.45, 2.75) is 0 Å². The second-order valence-corrected chi connectivity index (χ2v) is 4.00. The molecule has 0 spiro atoms. The SMILES string of the molecule is Nc1cccc(-c2cc(C(=O)O)ccc2C(=O)O)c1. The minimum Gasteiger partial charge on any atom is -0.478 e. The summed E-state index contributed by atoms with van der Waals surface area (Å²) in [5, 5.41) is 18.1. The molecule has 2 aromatic rings. The molecular formula is C14H11NO4. The lowest BCUT2D eigenvalue weighted by molar-refractivity contribution is 0.0682. The van der Waals surface area contributed by atoms with E-state index in [2.05, 4.69) is 0 Å². The van der Waals surface area contributed by atoms with E-state index in [1.54, 1.807) is 24.3 Å². The van der Waals surface area contributed by atoms with Crippen LogP contribution < -0.4 is 5.73 Å². The van der Waals surface area contributed by atoms with Gasteiger partial charge < -0.3 is 15.9 Å². The third-order valence-electron chi connectivity index (χ3n) is 2.69. The molecule has 0 aliphatic heterocycles. The van der Waals surface area contributed by atoms with Crippen molar-refractivity contribution in [2.75, 3.05) is 5.73 Å². The minimum atomic E-state index is -1.12. The Labute approximate surface area is 108 Å². The molecule has 0 aliphatic carbocycles. The molecule has 0 aliphatic rings. The summed E-state index contributed by atoms with van der Waals surface area (Å²) < 4.78 is 0. The van der Waals surface area contributed by atoms with E-state index in [-0.39, 0.29) is 11.1 Å². The van der Waals surface area contributed by atoms with Crippen LogP contribution in [0.25, 0.3) is 11.1 Å². The van der Waals surface area contributed by atoms with Crippen LogP contribution in [0.1, 0.15) is 20.7 Å². The van der Waals surface area contributed by atoms with Crippen molar-refractivity contribution in [3.8, 4) is 11.1 Å². The zero-order valence-corrected chi connectivity index (χ0v) is 9.83. The van der Waals surface area contributed by atoms with Gasteiger partial charge in [0.05, 0.1) is 11.1 Å². The first kappa shape index (κ1) is 12.6. The normalized spacial score (nSPS) is 10.1. The maximum Gasteiger partial charge on any atom is 0.336 e. The highest BCUT2D eigenvalue weighted by Crippen LogP contribution is 2.26. The largest absolute Gasteiger partial charge is 0.478 e. The summed E-state index contributed by atoms with van der Waals surface area (Å²) in [4.78, 5) is 22.1. The lowest BCUT2D eigenvalue weighted by Gasteiger charge is -2.08. The number of nitrogen functional groups attached to an aromatic ring is 1. The van der Waals surface area contributed by atoms with E-state index in [0.29, 0.717) is 16.8 Å². The van der Waals surface area contributed by atoms with Gasteiger partial charge in [-0.3, -0.25) is 0 Å². The summed E-state index contributed by atoms with van der Waals surface area (Å²) in [6.07, 6.45) is 0. The summed E-state index contributed by atoms with van der Waals surface area (Å²) in [6.45, 7) is 0. The summed E-state index contributed by atoms with van der Waals surface area (Å²) in [5.41, 5.74) is 7.11. The van der Waals surface area contributed by atoms with Gasteiger partial charge >= 0.3 is 11.9 Å². The second kappa shape index (κ2) is 4.81. The molecular weight excluding hydrogens is 246 g/mol. The topological polar surface area (TPSA) is 101 Å². The minimum absolute atomic E-state index is 0.0300. The molecule has 0 saturated carbocycles. The standard InChI is InChI=1S/C14H11NO4/c15-10-3-1-2-8(6-10)12-7-9(13(16)17)4-5-11(12)14(18)19/h1-7H,15H2,(H,16,17)(H,18,19). The summed E-state index contributed by atoms with van der Waals surface area (Å²) in [5.74, 6) is -2.23. The van der Waals surface area contributed by atoms with Crippen LogP contribution in [0.4, 0.5) is 5.69 Å². The first-order chi connectivity index (χ1) is 8.99. The maximum absolute atomic E-state index is 11.2. The molecule has 0 unspecified atom stereocenters. The van der Waals surface area contributed by atoms with Crippen LogP contribution in [-0.2, 0) is 0 Å². The van der Waals surface area contributed by atoms with Crippen molar-refractivity contribution in [3.05, 3.63) is 53.6 Å². The summed E-state index contributed by atoms with van der Waals surface area (Å²) in [6, 6.07) is 10.5. The molecule has 96 valence electrons. The fourth-order valence-electron chi connectivity index (χ4n) is 1.81. The highest BCUT2D eigenvalue weighted by Gasteiger charge is 2.14. The van der Waals surface area contributed by atoms with Gasteiger partial charge in [-0.05, 0) is 41.5 Å². The van der Waals surface area contributed by atoms with E-state index in [4.69, 9.17) is 15.9 Å². The first-order valence-electron chi connectivity index (χ1n) is 5.45. The van der Waals surface area contributed by atoms with E-state index in [0.717, 1.165) is 0 Å². The number of hydrogen-bond acceptors (Lipinski definition) is 3. The zero-order chi connectivity index (χ0) is 14.0. The lowest BCUT2D eigenvalue weighted by atomic mass is 9.97. The van der Waals surface area contributed by atoms with Crippen molar-refractivity contribution >= 4 is 17.6 Å². The van der Waals surface area contributed by atoms with Crippen LogP contribution in [0.5, 0.6) is 0 Å². The molecule has 0 atom stereocenters. The average Bonchev–Trinajstić information content (AvgIpc) is 2.37. The van der Waals surface area contributed by atoms with Gasteiger partial charge in [0, 0.05) is 5.69 Å². The predicted molar refractivity (Wildman–Crippen MR) is 70.2 cm³/mol. The van der Waals surface area contributed by atoms with Gasteiger partial charge in [-0.25, -0.2) is 9.59 Å².